The first-order valence-electron chi connectivity index (χ1n) is 17.8. The first-order valence-corrected chi connectivity index (χ1v) is 17.8. The highest BCUT2D eigenvalue weighted by atomic mass is 16.6. The van der Waals surface area contributed by atoms with Crippen LogP contribution in [0.2, 0.25) is 0 Å². The number of nitrogens with one attached hydrogen (secondary N) is 3. The fourth-order valence-electron chi connectivity index (χ4n) is 3.81. The van der Waals surface area contributed by atoms with Gasteiger partial charge in [0.15, 0.2) is 0 Å². The van der Waals surface area contributed by atoms with E-state index in [1.54, 1.807) is 0 Å². The van der Waals surface area contributed by atoms with Crippen molar-refractivity contribution in [3.05, 3.63) is 38.0 Å². The number of carbonyl (C=O) groups is 6. The summed E-state index contributed by atoms with van der Waals surface area (Å²) in [6.45, 7) is 15.6. The lowest BCUT2D eigenvalue weighted by atomic mass is 9.88. The van der Waals surface area contributed by atoms with Gasteiger partial charge < -0.3 is 58.6 Å². The second kappa shape index (κ2) is 34.6. The molecular weight excluding hydrogens is 714 g/mol. The molecule has 0 aromatic rings. The van der Waals surface area contributed by atoms with E-state index in [0.717, 1.165) is 18.2 Å². The Balaban J connectivity index is 4.70. The van der Waals surface area contributed by atoms with Crippen LogP contribution in [0.3, 0.4) is 0 Å². The molecule has 0 aliphatic carbocycles. The Morgan fingerprint density at radius 1 is 0.444 bits per heavy atom. The third kappa shape index (κ3) is 30.3. The second-order valence-electron chi connectivity index (χ2n) is 11.3. The average molecular weight is 774 g/mol. The zero-order valence-corrected chi connectivity index (χ0v) is 31.5. The molecule has 308 valence electrons. The molecule has 0 aromatic carbocycles. The van der Waals surface area contributed by atoms with E-state index in [1.165, 1.54) is 0 Å². The van der Waals surface area contributed by atoms with Gasteiger partial charge in [0, 0.05) is 57.5 Å². The van der Waals surface area contributed by atoms with E-state index in [4.69, 9.17) is 42.6 Å². The summed E-state index contributed by atoms with van der Waals surface area (Å²) >= 11 is 0. The molecule has 0 bridgehead atoms. The lowest BCUT2D eigenvalue weighted by Gasteiger charge is -2.31. The normalized spacial score (nSPS) is 10.8. The number of ether oxygens (including phenoxy) is 9. The minimum absolute atomic E-state index is 0.0566. The lowest BCUT2D eigenvalue weighted by Crippen LogP contribution is -2.39. The van der Waals surface area contributed by atoms with Crippen molar-refractivity contribution >= 4 is 35.8 Å². The predicted octanol–water partition coefficient (Wildman–Crippen LogP) is 0.189. The van der Waals surface area contributed by atoms with E-state index in [0.29, 0.717) is 65.5 Å². The van der Waals surface area contributed by atoms with Crippen molar-refractivity contribution in [1.29, 1.82) is 0 Å². The topological polar surface area (TPSA) is 222 Å². The fourth-order valence-corrected chi connectivity index (χ4v) is 3.81. The number of carbonyl (C=O) groups excluding carboxylic acids is 6. The van der Waals surface area contributed by atoms with Crippen LogP contribution in [0.25, 0.3) is 0 Å². The third-order valence-electron chi connectivity index (χ3n) is 7.07. The first-order chi connectivity index (χ1) is 26.1. The molecule has 3 N–H and O–H groups in total. The molecule has 0 saturated heterocycles. The van der Waals surface area contributed by atoms with Gasteiger partial charge in [-0.25, -0.2) is 14.4 Å². The van der Waals surface area contributed by atoms with Gasteiger partial charge in [-0.2, -0.15) is 0 Å². The summed E-state index contributed by atoms with van der Waals surface area (Å²) in [6, 6.07) is 0. The summed E-state index contributed by atoms with van der Waals surface area (Å²) in [6.07, 6.45) is 3.74. The van der Waals surface area contributed by atoms with Crippen LogP contribution in [0.4, 0.5) is 0 Å². The SMILES string of the molecule is C=CC(=O)OCCOCCNCCC(=O)OCC(CC)(COC(=O)CCNCCOCCOC(=O)C=C)COC(=O)CCNCCOCCOC(=O)C=C. The number of rotatable bonds is 37. The molecule has 0 amide bonds. The summed E-state index contributed by atoms with van der Waals surface area (Å²) in [7, 11) is 0. The second-order valence-corrected chi connectivity index (χ2v) is 11.3. The van der Waals surface area contributed by atoms with Crippen molar-refractivity contribution in [2.45, 2.75) is 32.6 Å². The van der Waals surface area contributed by atoms with Crippen molar-refractivity contribution in [2.75, 3.05) is 119 Å². The summed E-state index contributed by atoms with van der Waals surface area (Å²) < 4.78 is 47.1. The van der Waals surface area contributed by atoms with Gasteiger partial charge in [0.25, 0.3) is 0 Å². The molecule has 0 fully saturated rings. The Hall–Kier alpha value is -4.20. The summed E-state index contributed by atoms with van der Waals surface area (Å²) in [5.74, 6) is -3.06. The molecule has 0 unspecified atom stereocenters. The lowest BCUT2D eigenvalue weighted by molar-refractivity contribution is -0.162. The van der Waals surface area contributed by atoms with Gasteiger partial charge in [-0.05, 0) is 6.42 Å². The van der Waals surface area contributed by atoms with Crippen molar-refractivity contribution in [3.63, 3.8) is 0 Å². The smallest absolute Gasteiger partial charge is 0.330 e. The Bertz CT molecular complexity index is 988. The molecule has 0 atom stereocenters. The van der Waals surface area contributed by atoms with Gasteiger partial charge in [-0.15, -0.1) is 0 Å². The van der Waals surface area contributed by atoms with Crippen LogP contribution >= 0.6 is 0 Å². The zero-order chi connectivity index (χ0) is 40.1. The molecule has 0 aliphatic heterocycles. The monoisotopic (exact) mass is 773 g/mol. The molecule has 0 saturated carbocycles. The van der Waals surface area contributed by atoms with Crippen molar-refractivity contribution < 1.29 is 71.4 Å². The van der Waals surface area contributed by atoms with Gasteiger partial charge >= 0.3 is 35.8 Å². The third-order valence-corrected chi connectivity index (χ3v) is 7.07. The highest BCUT2D eigenvalue weighted by molar-refractivity contribution is 5.81. The van der Waals surface area contributed by atoms with Crippen LogP contribution in [0.1, 0.15) is 32.6 Å². The van der Waals surface area contributed by atoms with Crippen LogP contribution in [0.15, 0.2) is 38.0 Å². The van der Waals surface area contributed by atoms with E-state index < -0.39 is 41.2 Å². The van der Waals surface area contributed by atoms with Crippen LogP contribution in [0, 0.1) is 5.41 Å². The van der Waals surface area contributed by atoms with Gasteiger partial charge in [-0.1, -0.05) is 26.7 Å². The molecule has 0 aromatic heterocycles. The van der Waals surface area contributed by atoms with E-state index in [-0.39, 0.29) is 78.7 Å². The molecule has 18 heteroatoms. The number of hydrogen-bond donors (Lipinski definition) is 3. The minimum Gasteiger partial charge on any atom is -0.465 e. The molecule has 0 heterocycles. The highest BCUT2D eigenvalue weighted by Gasteiger charge is 2.34. The molecule has 0 spiro atoms. The van der Waals surface area contributed by atoms with Gasteiger partial charge in [-0.3, -0.25) is 14.4 Å². The van der Waals surface area contributed by atoms with Crippen LogP contribution in [-0.4, -0.2) is 154 Å². The average Bonchev–Trinajstić information content (AvgIpc) is 3.18. The highest BCUT2D eigenvalue weighted by Crippen LogP contribution is 2.25. The number of hydrogen-bond acceptors (Lipinski definition) is 18. The van der Waals surface area contributed by atoms with E-state index in [9.17, 15) is 28.8 Å². The van der Waals surface area contributed by atoms with Crippen molar-refractivity contribution in [3.8, 4) is 0 Å². The summed E-state index contributed by atoms with van der Waals surface area (Å²) in [5.41, 5.74) is -0.982. The molecule has 0 rings (SSSR count). The van der Waals surface area contributed by atoms with Gasteiger partial charge in [0.2, 0.25) is 0 Å². The Morgan fingerprint density at radius 3 is 1.00 bits per heavy atom. The van der Waals surface area contributed by atoms with Gasteiger partial charge in [0.05, 0.1) is 64.3 Å². The summed E-state index contributed by atoms with van der Waals surface area (Å²) in [4.78, 5) is 70.7. The Labute approximate surface area is 317 Å². The van der Waals surface area contributed by atoms with E-state index >= 15 is 0 Å². The quantitative estimate of drug-likeness (QED) is 0.0332. The van der Waals surface area contributed by atoms with E-state index in [1.807, 2.05) is 6.92 Å². The first kappa shape index (κ1) is 49.8. The zero-order valence-electron chi connectivity index (χ0n) is 31.5. The van der Waals surface area contributed by atoms with Crippen LogP contribution in [-0.2, 0) is 71.4 Å². The number of esters is 6. The maximum atomic E-state index is 12.6. The minimum atomic E-state index is -0.982. The molecule has 0 radical (unpaired) electrons. The van der Waals surface area contributed by atoms with Gasteiger partial charge in [0.1, 0.15) is 39.6 Å². The maximum Gasteiger partial charge on any atom is 0.330 e. The molecular formula is C36H59N3O15. The molecule has 0 aliphatic rings. The van der Waals surface area contributed by atoms with Crippen molar-refractivity contribution in [2.24, 2.45) is 5.41 Å². The Morgan fingerprint density at radius 2 is 0.741 bits per heavy atom. The van der Waals surface area contributed by atoms with Crippen LogP contribution in [0.5, 0.6) is 0 Å². The Kier molecular flexibility index (Phi) is 31.9. The van der Waals surface area contributed by atoms with Crippen LogP contribution < -0.4 is 16.0 Å². The largest absolute Gasteiger partial charge is 0.465 e. The van der Waals surface area contributed by atoms with Crippen molar-refractivity contribution in [1.82, 2.24) is 16.0 Å². The van der Waals surface area contributed by atoms with E-state index in [2.05, 4.69) is 35.7 Å². The molecule has 54 heavy (non-hydrogen) atoms. The summed E-state index contributed by atoms with van der Waals surface area (Å²) in [5, 5.41) is 9.16. The standard InChI is InChI=1S/C36H59N3O15/c1-5-30(40)49-24-21-46-18-15-37-12-9-33(43)52-27-36(8-4,28-53-34(44)10-13-38-16-19-47-22-25-50-31(41)6-2)29-54-35(45)11-14-39-17-20-48-23-26-51-32(42)7-3/h5-7,37-39H,1-3,8-29H2,4H3. The molecule has 18 nitrogen and oxygen atoms in total. The fraction of sp³-hybridized carbons (Fsp3) is 0.667. The maximum absolute atomic E-state index is 12.6. The predicted molar refractivity (Wildman–Crippen MR) is 194 cm³/mol.